The van der Waals surface area contributed by atoms with Crippen LogP contribution in [-0.4, -0.2) is 19.2 Å². The Kier molecular flexibility index (Phi) is 6.35. The van der Waals surface area contributed by atoms with Crippen molar-refractivity contribution in [3.05, 3.63) is 24.0 Å². The second-order valence-electron chi connectivity index (χ2n) is 4.96. The zero-order chi connectivity index (χ0) is 12.7. The number of allylic oxidation sites excluding steroid dienone is 3. The topological polar surface area (TPSA) is 21.3 Å². The van der Waals surface area contributed by atoms with E-state index in [1.54, 1.807) is 0 Å². The van der Waals surface area contributed by atoms with Crippen molar-refractivity contribution in [3.8, 4) is 0 Å². The van der Waals surface area contributed by atoms with Gasteiger partial charge in [-0.1, -0.05) is 33.8 Å². The first kappa shape index (κ1) is 14.3. The van der Waals surface area contributed by atoms with Crippen molar-refractivity contribution in [1.82, 2.24) is 5.32 Å². The van der Waals surface area contributed by atoms with E-state index in [0.29, 0.717) is 17.9 Å². The van der Waals surface area contributed by atoms with E-state index in [9.17, 15) is 0 Å². The van der Waals surface area contributed by atoms with Crippen molar-refractivity contribution in [1.29, 1.82) is 0 Å². The van der Waals surface area contributed by atoms with Gasteiger partial charge in [0, 0.05) is 12.6 Å². The highest BCUT2D eigenvalue weighted by Crippen LogP contribution is 2.22. The molecular formula is C15H27NO. The maximum absolute atomic E-state index is 5.75. The standard InChI is InChI=1S/C15H27NO/c1-5-14(6-2)16-9-10-17-15-8-7-12(3)13(4)11-15/h7-8,11-14,16H,5-6,9-10H2,1-4H3. The minimum atomic E-state index is 0.585. The first-order valence-electron chi connectivity index (χ1n) is 6.93. The molecule has 2 atom stereocenters. The first-order chi connectivity index (χ1) is 8.17. The summed E-state index contributed by atoms with van der Waals surface area (Å²) in [4.78, 5) is 0. The van der Waals surface area contributed by atoms with Crippen molar-refractivity contribution in [2.75, 3.05) is 13.2 Å². The van der Waals surface area contributed by atoms with Gasteiger partial charge < -0.3 is 10.1 Å². The SMILES string of the molecule is CCC(CC)NCCOC1=CC(C)C(C)C=C1. The Labute approximate surface area is 106 Å². The molecule has 0 aromatic heterocycles. The van der Waals surface area contributed by atoms with Gasteiger partial charge in [0.15, 0.2) is 0 Å². The molecule has 0 aromatic carbocycles. The van der Waals surface area contributed by atoms with Crippen LogP contribution in [0.25, 0.3) is 0 Å². The van der Waals surface area contributed by atoms with Gasteiger partial charge in [-0.15, -0.1) is 0 Å². The molecule has 0 saturated heterocycles. The van der Waals surface area contributed by atoms with Crippen molar-refractivity contribution in [2.45, 2.75) is 46.6 Å². The lowest BCUT2D eigenvalue weighted by Gasteiger charge is -2.20. The molecule has 0 aliphatic heterocycles. The van der Waals surface area contributed by atoms with Crippen molar-refractivity contribution in [3.63, 3.8) is 0 Å². The van der Waals surface area contributed by atoms with Gasteiger partial charge in [-0.25, -0.2) is 0 Å². The summed E-state index contributed by atoms with van der Waals surface area (Å²) in [6, 6.07) is 0.633. The molecule has 0 amide bonds. The molecule has 1 aliphatic carbocycles. The Morgan fingerprint density at radius 2 is 1.94 bits per heavy atom. The summed E-state index contributed by atoms with van der Waals surface area (Å²) < 4.78 is 5.75. The Hall–Kier alpha value is -0.760. The molecule has 1 N–H and O–H groups in total. The minimum Gasteiger partial charge on any atom is -0.493 e. The second kappa shape index (κ2) is 7.54. The zero-order valence-corrected chi connectivity index (χ0v) is 11.7. The zero-order valence-electron chi connectivity index (χ0n) is 11.7. The van der Waals surface area contributed by atoms with Crippen LogP contribution < -0.4 is 5.32 Å². The second-order valence-corrected chi connectivity index (χ2v) is 4.96. The fraction of sp³-hybridized carbons (Fsp3) is 0.733. The summed E-state index contributed by atoms with van der Waals surface area (Å²) in [5.74, 6) is 2.24. The molecule has 17 heavy (non-hydrogen) atoms. The minimum absolute atomic E-state index is 0.585. The number of rotatable bonds is 7. The Bertz CT molecular complexity index is 266. The van der Waals surface area contributed by atoms with Crippen molar-refractivity contribution in [2.24, 2.45) is 11.8 Å². The lowest BCUT2D eigenvalue weighted by atomic mass is 9.91. The number of hydrogen-bond acceptors (Lipinski definition) is 2. The first-order valence-corrected chi connectivity index (χ1v) is 6.93. The van der Waals surface area contributed by atoms with E-state index < -0.39 is 0 Å². The molecule has 0 fully saturated rings. The Morgan fingerprint density at radius 3 is 2.53 bits per heavy atom. The molecule has 0 spiro atoms. The van der Waals surface area contributed by atoms with E-state index >= 15 is 0 Å². The fourth-order valence-electron chi connectivity index (χ4n) is 1.99. The molecule has 0 bridgehead atoms. The third-order valence-electron chi connectivity index (χ3n) is 3.61. The molecule has 2 heteroatoms. The van der Waals surface area contributed by atoms with Crippen LogP contribution in [0.5, 0.6) is 0 Å². The maximum atomic E-state index is 5.75. The Morgan fingerprint density at radius 1 is 1.24 bits per heavy atom. The van der Waals surface area contributed by atoms with E-state index in [4.69, 9.17) is 4.74 Å². The molecule has 1 rings (SSSR count). The third-order valence-corrected chi connectivity index (χ3v) is 3.61. The van der Waals surface area contributed by atoms with Gasteiger partial charge in [0.05, 0.1) is 0 Å². The van der Waals surface area contributed by atoms with E-state index in [1.807, 2.05) is 0 Å². The van der Waals surface area contributed by atoms with Gasteiger partial charge in [-0.2, -0.15) is 0 Å². The fourth-order valence-corrected chi connectivity index (χ4v) is 1.99. The average Bonchev–Trinajstić information content (AvgIpc) is 2.34. The summed E-state index contributed by atoms with van der Waals surface area (Å²) >= 11 is 0. The van der Waals surface area contributed by atoms with Crippen molar-refractivity contribution < 1.29 is 4.74 Å². The van der Waals surface area contributed by atoms with Crippen LogP contribution in [0.2, 0.25) is 0 Å². The Balaban J connectivity index is 2.19. The monoisotopic (exact) mass is 237 g/mol. The van der Waals surface area contributed by atoms with Gasteiger partial charge in [0.2, 0.25) is 0 Å². The summed E-state index contributed by atoms with van der Waals surface area (Å²) in [6.45, 7) is 10.6. The highest BCUT2D eigenvalue weighted by molar-refractivity contribution is 5.19. The average molecular weight is 237 g/mol. The van der Waals surface area contributed by atoms with Crippen LogP contribution in [0.4, 0.5) is 0 Å². The molecule has 0 radical (unpaired) electrons. The predicted molar refractivity (Wildman–Crippen MR) is 73.9 cm³/mol. The quantitative estimate of drug-likeness (QED) is 0.684. The number of ether oxygens (including phenoxy) is 1. The number of hydrogen-bond donors (Lipinski definition) is 1. The van der Waals surface area contributed by atoms with Crippen LogP contribution in [0.15, 0.2) is 24.0 Å². The maximum Gasteiger partial charge on any atom is 0.115 e. The summed E-state index contributed by atoms with van der Waals surface area (Å²) in [7, 11) is 0. The van der Waals surface area contributed by atoms with Gasteiger partial charge in [0.1, 0.15) is 12.4 Å². The molecule has 0 aromatic rings. The molecule has 0 saturated carbocycles. The van der Waals surface area contributed by atoms with E-state index in [-0.39, 0.29) is 0 Å². The molecule has 98 valence electrons. The van der Waals surface area contributed by atoms with Gasteiger partial charge in [0.25, 0.3) is 0 Å². The van der Waals surface area contributed by atoms with E-state index in [0.717, 1.165) is 18.9 Å². The van der Waals surface area contributed by atoms with E-state index in [2.05, 4.69) is 51.2 Å². The van der Waals surface area contributed by atoms with Crippen LogP contribution in [-0.2, 0) is 4.74 Å². The largest absolute Gasteiger partial charge is 0.493 e. The summed E-state index contributed by atoms with van der Waals surface area (Å²) in [5.41, 5.74) is 0. The molecule has 1 aliphatic rings. The molecular weight excluding hydrogens is 210 g/mol. The predicted octanol–water partition coefficient (Wildman–Crippen LogP) is 3.51. The van der Waals surface area contributed by atoms with Crippen LogP contribution in [0, 0.1) is 11.8 Å². The molecule has 0 heterocycles. The smallest absolute Gasteiger partial charge is 0.115 e. The normalized spacial score (nSPS) is 23.9. The highest BCUT2D eigenvalue weighted by Gasteiger charge is 2.12. The summed E-state index contributed by atoms with van der Waals surface area (Å²) in [6.07, 6.45) is 8.93. The van der Waals surface area contributed by atoms with Crippen molar-refractivity contribution >= 4 is 0 Å². The number of nitrogens with one attached hydrogen (secondary N) is 1. The van der Waals surface area contributed by atoms with Crippen LogP contribution in [0.3, 0.4) is 0 Å². The van der Waals surface area contributed by atoms with Crippen LogP contribution in [0.1, 0.15) is 40.5 Å². The van der Waals surface area contributed by atoms with Gasteiger partial charge in [-0.3, -0.25) is 0 Å². The lowest BCUT2D eigenvalue weighted by molar-refractivity contribution is 0.213. The van der Waals surface area contributed by atoms with E-state index in [1.165, 1.54) is 12.8 Å². The lowest BCUT2D eigenvalue weighted by Crippen LogP contribution is -2.30. The van der Waals surface area contributed by atoms with Gasteiger partial charge >= 0.3 is 0 Å². The van der Waals surface area contributed by atoms with Crippen LogP contribution >= 0.6 is 0 Å². The summed E-state index contributed by atoms with van der Waals surface area (Å²) in [5, 5.41) is 3.50. The highest BCUT2D eigenvalue weighted by atomic mass is 16.5. The van der Waals surface area contributed by atoms with Gasteiger partial charge in [-0.05, 0) is 36.8 Å². The molecule has 2 nitrogen and oxygen atoms in total. The molecule has 2 unspecified atom stereocenters. The third kappa shape index (κ3) is 4.95.